The summed E-state index contributed by atoms with van der Waals surface area (Å²) in [4.78, 5) is 28.2. The average molecular weight is 436 g/mol. The molecular weight excluding hydrogens is 406 g/mol. The molecule has 2 atom stereocenters. The van der Waals surface area contributed by atoms with E-state index in [2.05, 4.69) is 11.4 Å². The van der Waals surface area contributed by atoms with E-state index in [-0.39, 0.29) is 29.4 Å². The zero-order valence-corrected chi connectivity index (χ0v) is 18.4. The van der Waals surface area contributed by atoms with Gasteiger partial charge < -0.3 is 19.7 Å². The number of ether oxygens (including phenoxy) is 2. The number of fused-ring (bicyclic) bond motifs is 1. The molecular formula is C25H29N3O4. The molecule has 0 bridgehead atoms. The number of nitrogens with zero attached hydrogens (tertiary/aromatic N) is 2. The summed E-state index contributed by atoms with van der Waals surface area (Å²) in [5.74, 6) is 0.195. The van der Waals surface area contributed by atoms with Gasteiger partial charge in [-0.3, -0.25) is 9.59 Å². The molecule has 4 rings (SSSR count). The highest BCUT2D eigenvalue weighted by Gasteiger charge is 2.35. The molecule has 1 amide bonds. The van der Waals surface area contributed by atoms with E-state index in [9.17, 15) is 14.9 Å². The Bertz CT molecular complexity index is 972. The number of carbonyl (C=O) groups excluding carboxylic acids is 2. The Kier molecular flexibility index (Phi) is 6.91. The molecule has 1 aliphatic carbocycles. The third-order valence-electron chi connectivity index (χ3n) is 6.43. The Labute approximate surface area is 188 Å². The smallest absolute Gasteiger partial charge is 0.230 e. The van der Waals surface area contributed by atoms with Crippen molar-refractivity contribution in [3.63, 3.8) is 0 Å². The fourth-order valence-corrected chi connectivity index (χ4v) is 4.61. The number of hydrogen-bond acceptors (Lipinski definition) is 6. The van der Waals surface area contributed by atoms with Crippen molar-refractivity contribution in [3.8, 4) is 11.8 Å². The average Bonchev–Trinajstić information content (AvgIpc) is 3.31. The first kappa shape index (κ1) is 22.1. The number of hydrogen-bond donors (Lipinski definition) is 1. The summed E-state index contributed by atoms with van der Waals surface area (Å²) < 4.78 is 11.0. The van der Waals surface area contributed by atoms with Gasteiger partial charge in [0.25, 0.3) is 0 Å². The second-order valence-electron chi connectivity index (χ2n) is 8.40. The Morgan fingerprint density at radius 3 is 2.91 bits per heavy atom. The predicted octanol–water partition coefficient (Wildman–Crippen LogP) is 2.97. The maximum atomic E-state index is 13.5. The molecule has 1 aromatic rings. The lowest BCUT2D eigenvalue weighted by atomic mass is 9.81. The van der Waals surface area contributed by atoms with Crippen LogP contribution in [0.2, 0.25) is 0 Å². The minimum Gasteiger partial charge on any atom is -0.500 e. The molecule has 1 saturated heterocycles. The van der Waals surface area contributed by atoms with Gasteiger partial charge in [0.2, 0.25) is 5.91 Å². The first-order valence-electron chi connectivity index (χ1n) is 11.3. The van der Waals surface area contributed by atoms with Gasteiger partial charge in [-0.25, -0.2) is 0 Å². The molecule has 1 N–H and O–H groups in total. The molecule has 2 aliphatic heterocycles. The van der Waals surface area contributed by atoms with Gasteiger partial charge in [0, 0.05) is 35.7 Å². The van der Waals surface area contributed by atoms with E-state index in [1.807, 2.05) is 19.1 Å². The largest absolute Gasteiger partial charge is 0.500 e. The monoisotopic (exact) mass is 435 g/mol. The van der Waals surface area contributed by atoms with Crippen LogP contribution >= 0.6 is 0 Å². The Morgan fingerprint density at radius 1 is 1.34 bits per heavy atom. The number of benzene rings is 1. The summed E-state index contributed by atoms with van der Waals surface area (Å²) in [6.45, 7) is 4.77. The Balaban J connectivity index is 1.57. The van der Waals surface area contributed by atoms with Gasteiger partial charge in [0.05, 0.1) is 24.4 Å². The quantitative estimate of drug-likeness (QED) is 0.708. The molecule has 3 aliphatic rings. The van der Waals surface area contributed by atoms with Crippen LogP contribution in [0, 0.1) is 29.1 Å². The van der Waals surface area contributed by atoms with Gasteiger partial charge in [-0.15, -0.1) is 0 Å². The van der Waals surface area contributed by atoms with Crippen molar-refractivity contribution in [1.82, 2.24) is 5.32 Å². The van der Waals surface area contributed by atoms with Gasteiger partial charge in [-0.05, 0) is 51.4 Å². The second kappa shape index (κ2) is 10.0. The molecule has 2 unspecified atom stereocenters. The molecule has 0 radical (unpaired) electrons. The molecule has 0 saturated carbocycles. The standard InChI is InChI=1S/C25H29N3O4/c1-2-32-23-13-21(6-5-19(23)14-26)28(25(30)18-7-10-27-11-8-18)12-9-17-3-4-20-15-31-16-22(20)24(17)29/h3-6,13,15,17-18,22,27H,2,7-12,16H2,1H3. The van der Waals surface area contributed by atoms with Gasteiger partial charge in [-0.2, -0.15) is 5.26 Å². The summed E-state index contributed by atoms with van der Waals surface area (Å²) in [7, 11) is 0. The number of rotatable bonds is 7. The number of nitrogens with one attached hydrogen (secondary N) is 1. The van der Waals surface area contributed by atoms with Crippen LogP contribution in [0.4, 0.5) is 5.69 Å². The van der Waals surface area contributed by atoms with Crippen molar-refractivity contribution < 1.29 is 19.1 Å². The summed E-state index contributed by atoms with van der Waals surface area (Å²) in [6.07, 6.45) is 7.68. The van der Waals surface area contributed by atoms with E-state index in [0.717, 1.165) is 31.5 Å². The summed E-state index contributed by atoms with van der Waals surface area (Å²) in [5, 5.41) is 12.7. The zero-order chi connectivity index (χ0) is 22.5. The number of allylic oxidation sites excluding steroid dienone is 2. The lowest BCUT2D eigenvalue weighted by molar-refractivity contribution is -0.126. The second-order valence-corrected chi connectivity index (χ2v) is 8.40. The summed E-state index contributed by atoms with van der Waals surface area (Å²) in [5.41, 5.74) is 2.08. The number of anilines is 1. The summed E-state index contributed by atoms with van der Waals surface area (Å²) >= 11 is 0. The highest BCUT2D eigenvalue weighted by molar-refractivity contribution is 5.96. The lowest BCUT2D eigenvalue weighted by Gasteiger charge is -2.31. The maximum Gasteiger partial charge on any atom is 0.230 e. The van der Waals surface area contributed by atoms with Gasteiger partial charge in [0.15, 0.2) is 5.78 Å². The van der Waals surface area contributed by atoms with E-state index in [4.69, 9.17) is 9.47 Å². The first-order chi connectivity index (χ1) is 15.6. The molecule has 2 heterocycles. The van der Waals surface area contributed by atoms with Gasteiger partial charge in [-0.1, -0.05) is 12.2 Å². The number of ketones is 1. The Hall–Kier alpha value is -3.11. The number of carbonyl (C=O) groups is 2. The highest BCUT2D eigenvalue weighted by Crippen LogP contribution is 2.32. The van der Waals surface area contributed by atoms with Crippen LogP contribution in [-0.2, 0) is 14.3 Å². The normalized spacial score (nSPS) is 22.5. The molecule has 168 valence electrons. The van der Waals surface area contributed by atoms with E-state index in [1.54, 1.807) is 29.4 Å². The number of amides is 1. The van der Waals surface area contributed by atoms with Gasteiger partial charge >= 0.3 is 0 Å². The predicted molar refractivity (Wildman–Crippen MR) is 120 cm³/mol. The maximum absolute atomic E-state index is 13.5. The van der Waals surface area contributed by atoms with Crippen molar-refractivity contribution >= 4 is 17.4 Å². The SMILES string of the molecule is CCOc1cc(N(CCC2C=CC3=COCC3C2=O)C(=O)C2CCNCC2)ccc1C#N. The number of nitriles is 1. The molecule has 1 fully saturated rings. The molecule has 0 aromatic heterocycles. The third-order valence-corrected chi connectivity index (χ3v) is 6.43. The molecule has 7 heteroatoms. The van der Waals surface area contributed by atoms with Crippen molar-refractivity contribution in [2.75, 3.05) is 37.7 Å². The van der Waals surface area contributed by atoms with Crippen LogP contribution < -0.4 is 15.0 Å². The molecule has 32 heavy (non-hydrogen) atoms. The Morgan fingerprint density at radius 2 is 2.16 bits per heavy atom. The van der Waals surface area contributed by atoms with Crippen molar-refractivity contribution in [2.24, 2.45) is 17.8 Å². The van der Waals surface area contributed by atoms with Crippen LogP contribution in [0.3, 0.4) is 0 Å². The fraction of sp³-hybridized carbons (Fsp3) is 0.480. The van der Waals surface area contributed by atoms with Crippen LogP contribution in [-0.4, -0.2) is 44.5 Å². The zero-order valence-electron chi connectivity index (χ0n) is 18.4. The van der Waals surface area contributed by atoms with Crippen LogP contribution in [0.1, 0.15) is 31.7 Å². The summed E-state index contributed by atoms with van der Waals surface area (Å²) in [6, 6.07) is 7.40. The van der Waals surface area contributed by atoms with Crippen molar-refractivity contribution in [1.29, 1.82) is 5.26 Å². The number of Topliss-reactive ketones (excluding diaryl/α,β-unsaturated/α-hetero) is 1. The van der Waals surface area contributed by atoms with Crippen LogP contribution in [0.25, 0.3) is 0 Å². The van der Waals surface area contributed by atoms with Crippen LogP contribution in [0.15, 0.2) is 42.2 Å². The highest BCUT2D eigenvalue weighted by atomic mass is 16.5. The molecule has 1 aromatic carbocycles. The minimum absolute atomic E-state index is 0.0576. The van der Waals surface area contributed by atoms with E-state index >= 15 is 0 Å². The fourth-order valence-electron chi connectivity index (χ4n) is 4.61. The van der Waals surface area contributed by atoms with Crippen LogP contribution in [0.5, 0.6) is 5.75 Å². The molecule has 7 nitrogen and oxygen atoms in total. The van der Waals surface area contributed by atoms with Crippen molar-refractivity contribution in [3.05, 3.63) is 47.7 Å². The van der Waals surface area contributed by atoms with Gasteiger partial charge in [0.1, 0.15) is 18.4 Å². The number of piperidine rings is 1. The lowest BCUT2D eigenvalue weighted by Crippen LogP contribution is -2.42. The van der Waals surface area contributed by atoms with E-state index in [0.29, 0.717) is 43.2 Å². The van der Waals surface area contributed by atoms with E-state index < -0.39 is 0 Å². The third kappa shape index (κ3) is 4.56. The minimum atomic E-state index is -0.244. The van der Waals surface area contributed by atoms with Crippen molar-refractivity contribution in [2.45, 2.75) is 26.2 Å². The van der Waals surface area contributed by atoms with E-state index in [1.165, 1.54) is 0 Å². The molecule has 0 spiro atoms. The first-order valence-corrected chi connectivity index (χ1v) is 11.3. The topological polar surface area (TPSA) is 91.7 Å².